The van der Waals surface area contributed by atoms with Crippen LogP contribution in [0.5, 0.6) is 5.75 Å². The molecule has 5 heteroatoms. The maximum absolute atomic E-state index is 9.38. The Balaban J connectivity index is 0.000000209. The Morgan fingerprint density at radius 2 is 1.88 bits per heavy atom. The number of rotatable bonds is 2. The van der Waals surface area contributed by atoms with Gasteiger partial charge in [-0.15, -0.1) is 0 Å². The normalized spacial score (nSPS) is 11.6. The van der Waals surface area contributed by atoms with Crippen LogP contribution in [0.15, 0.2) is 42.5 Å². The molecule has 0 aromatic heterocycles. The van der Waals surface area contributed by atoms with Crippen molar-refractivity contribution < 1.29 is 18.1 Å². The van der Waals surface area contributed by atoms with Crippen molar-refractivity contribution in [3.8, 4) is 5.75 Å². The fourth-order valence-corrected chi connectivity index (χ4v) is 1.50. The molecule has 0 heterocycles. The van der Waals surface area contributed by atoms with Gasteiger partial charge in [0.05, 0.1) is 18.0 Å². The van der Waals surface area contributed by atoms with Crippen molar-refractivity contribution in [2.45, 2.75) is 6.92 Å². The zero-order valence-corrected chi connectivity index (χ0v) is 10.1. The van der Waals surface area contributed by atoms with E-state index >= 15 is 0 Å². The molecule has 92 valence electrons. The summed E-state index contributed by atoms with van der Waals surface area (Å²) in [6.45, 7) is 1.83. The third-order valence-corrected chi connectivity index (χ3v) is 2.41. The molecule has 2 aromatic carbocycles. The van der Waals surface area contributed by atoms with Crippen molar-refractivity contribution in [3.05, 3.63) is 42.5 Å². The average Bonchev–Trinajstić information content (AvgIpc) is 2.30. The van der Waals surface area contributed by atoms with Crippen LogP contribution in [0.25, 0.3) is 10.8 Å². The van der Waals surface area contributed by atoms with Gasteiger partial charge in [-0.05, 0) is 18.4 Å². The van der Waals surface area contributed by atoms with E-state index in [2.05, 4.69) is 4.18 Å². The molecule has 2 rings (SSSR count). The Labute approximate surface area is 102 Å². The minimum absolute atomic E-state index is 0.218. The van der Waals surface area contributed by atoms with E-state index in [1.807, 2.05) is 36.4 Å². The van der Waals surface area contributed by atoms with Crippen LogP contribution in [0.4, 0.5) is 0 Å². The predicted octanol–water partition coefficient (Wildman–Crippen LogP) is 2.36. The summed E-state index contributed by atoms with van der Waals surface area (Å²) >= 11 is -2.32. The van der Waals surface area contributed by atoms with Crippen LogP contribution in [0.2, 0.25) is 0 Å². The smallest absolute Gasteiger partial charge is 0.123 e. The van der Waals surface area contributed by atoms with Gasteiger partial charge >= 0.3 is 0 Å². The Kier molecular flexibility index (Phi) is 5.62. The number of hydrogen-bond acceptors (Lipinski definition) is 4. The molecule has 0 radical (unpaired) electrons. The van der Waals surface area contributed by atoms with Gasteiger partial charge in [-0.3, -0.25) is 0 Å². The van der Waals surface area contributed by atoms with Crippen molar-refractivity contribution in [2.24, 2.45) is 0 Å². The molecule has 0 saturated heterocycles. The molecule has 1 N–H and O–H groups in total. The largest absolute Gasteiger partial charge is 0.750 e. The molecular weight excluding hydrogens is 240 g/mol. The summed E-state index contributed by atoms with van der Waals surface area (Å²) in [7, 11) is 0. The maximum Gasteiger partial charge on any atom is 0.123 e. The topological polar surface area (TPSA) is 69.6 Å². The van der Waals surface area contributed by atoms with E-state index in [9.17, 15) is 13.9 Å². The lowest BCUT2D eigenvalue weighted by Crippen LogP contribution is -1.92. The standard InChI is InChI=1S/C10H8O.C2H6O3S/c11-10-7-3-5-8-4-1-2-6-9(8)10;1-2-5-6(3)4/h1-7,11H;2H2,1H3,(H,3,4)/p-1. The van der Waals surface area contributed by atoms with Gasteiger partial charge in [0.15, 0.2) is 0 Å². The van der Waals surface area contributed by atoms with Crippen molar-refractivity contribution in [1.29, 1.82) is 0 Å². The Hall–Kier alpha value is -1.43. The molecule has 0 aliphatic carbocycles. The summed E-state index contributed by atoms with van der Waals surface area (Å²) in [5, 5.41) is 11.4. The van der Waals surface area contributed by atoms with E-state index in [-0.39, 0.29) is 6.61 Å². The molecule has 4 nitrogen and oxygen atoms in total. The molecule has 1 unspecified atom stereocenters. The van der Waals surface area contributed by atoms with E-state index in [1.54, 1.807) is 13.0 Å². The van der Waals surface area contributed by atoms with E-state index < -0.39 is 11.4 Å². The third kappa shape index (κ3) is 4.52. The fourth-order valence-electron chi connectivity index (χ4n) is 1.30. The number of benzene rings is 2. The van der Waals surface area contributed by atoms with Gasteiger partial charge in [0.1, 0.15) is 5.75 Å². The first-order chi connectivity index (χ1) is 8.15. The minimum atomic E-state index is -2.32. The summed E-state index contributed by atoms with van der Waals surface area (Å²) in [4.78, 5) is 0. The van der Waals surface area contributed by atoms with Crippen LogP contribution >= 0.6 is 0 Å². The SMILES string of the molecule is CCOS(=O)[O-].Oc1cccc2ccccc12. The van der Waals surface area contributed by atoms with Crippen LogP contribution in [-0.2, 0) is 15.5 Å². The fraction of sp³-hybridized carbons (Fsp3) is 0.167. The molecule has 0 saturated carbocycles. The van der Waals surface area contributed by atoms with E-state index in [0.29, 0.717) is 5.75 Å². The first-order valence-corrected chi connectivity index (χ1v) is 6.04. The lowest BCUT2D eigenvalue weighted by molar-refractivity contribution is 0.318. The first kappa shape index (κ1) is 13.6. The van der Waals surface area contributed by atoms with Crippen molar-refractivity contribution in [3.63, 3.8) is 0 Å². The number of aromatic hydroxyl groups is 1. The van der Waals surface area contributed by atoms with Gasteiger partial charge < -0.3 is 13.8 Å². The van der Waals surface area contributed by atoms with E-state index in [4.69, 9.17) is 0 Å². The van der Waals surface area contributed by atoms with Crippen molar-refractivity contribution in [1.82, 2.24) is 0 Å². The summed E-state index contributed by atoms with van der Waals surface area (Å²) in [6, 6.07) is 13.3. The highest BCUT2D eigenvalue weighted by Crippen LogP contribution is 2.22. The van der Waals surface area contributed by atoms with Gasteiger partial charge in [-0.2, -0.15) is 0 Å². The molecule has 0 spiro atoms. The highest BCUT2D eigenvalue weighted by Gasteiger charge is 1.94. The van der Waals surface area contributed by atoms with E-state index in [0.717, 1.165) is 10.8 Å². The molecule has 0 amide bonds. The highest BCUT2D eigenvalue weighted by molar-refractivity contribution is 7.74. The lowest BCUT2D eigenvalue weighted by Gasteiger charge is -1.98. The van der Waals surface area contributed by atoms with Crippen LogP contribution in [0.1, 0.15) is 6.92 Å². The molecule has 0 aliphatic heterocycles. The van der Waals surface area contributed by atoms with Crippen LogP contribution in [0, 0.1) is 0 Å². The molecule has 2 aromatic rings. The lowest BCUT2D eigenvalue weighted by atomic mass is 10.1. The summed E-state index contributed by atoms with van der Waals surface area (Å²) in [5.74, 6) is 0.350. The first-order valence-electron chi connectivity index (χ1n) is 5.04. The average molecular weight is 253 g/mol. The molecular formula is C12H13O4S-. The Bertz CT molecular complexity index is 493. The van der Waals surface area contributed by atoms with Gasteiger partial charge in [-0.25, -0.2) is 4.21 Å². The third-order valence-electron chi connectivity index (χ3n) is 1.98. The highest BCUT2D eigenvalue weighted by atomic mass is 32.2. The summed E-state index contributed by atoms with van der Waals surface area (Å²) in [5.41, 5.74) is 0. The number of phenols is 1. The van der Waals surface area contributed by atoms with Gasteiger partial charge in [0.25, 0.3) is 0 Å². The Morgan fingerprint density at radius 3 is 2.41 bits per heavy atom. The van der Waals surface area contributed by atoms with Crippen LogP contribution in [-0.4, -0.2) is 20.5 Å². The van der Waals surface area contributed by atoms with Crippen LogP contribution in [0.3, 0.4) is 0 Å². The molecule has 17 heavy (non-hydrogen) atoms. The zero-order valence-electron chi connectivity index (χ0n) is 9.33. The summed E-state index contributed by atoms with van der Waals surface area (Å²) in [6.07, 6.45) is 0. The molecule has 0 fully saturated rings. The second-order valence-corrected chi connectivity index (χ2v) is 3.75. The molecule has 0 bridgehead atoms. The molecule has 1 atom stereocenters. The van der Waals surface area contributed by atoms with Gasteiger partial charge in [-0.1, -0.05) is 36.4 Å². The van der Waals surface area contributed by atoms with Gasteiger partial charge in [0.2, 0.25) is 0 Å². The molecule has 0 aliphatic rings. The predicted molar refractivity (Wildman–Crippen MR) is 66.2 cm³/mol. The maximum atomic E-state index is 9.38. The number of phenolic OH excluding ortho intramolecular Hbond substituents is 1. The second kappa shape index (κ2) is 7.01. The number of hydrogen-bond donors (Lipinski definition) is 1. The second-order valence-electron chi connectivity index (χ2n) is 3.11. The number of fused-ring (bicyclic) bond motifs is 1. The Morgan fingerprint density at radius 1 is 1.24 bits per heavy atom. The van der Waals surface area contributed by atoms with Crippen molar-refractivity contribution in [2.75, 3.05) is 6.61 Å². The minimum Gasteiger partial charge on any atom is -0.750 e. The van der Waals surface area contributed by atoms with Gasteiger partial charge in [0, 0.05) is 5.39 Å². The van der Waals surface area contributed by atoms with E-state index in [1.165, 1.54) is 0 Å². The van der Waals surface area contributed by atoms with Crippen molar-refractivity contribution >= 4 is 22.1 Å². The van der Waals surface area contributed by atoms with Crippen LogP contribution < -0.4 is 0 Å². The summed E-state index contributed by atoms with van der Waals surface area (Å²) < 4.78 is 22.7. The zero-order chi connectivity index (χ0) is 12.7. The quantitative estimate of drug-likeness (QED) is 0.834. The monoisotopic (exact) mass is 253 g/mol.